The van der Waals surface area contributed by atoms with Gasteiger partial charge in [0.2, 0.25) is 0 Å². The van der Waals surface area contributed by atoms with Gasteiger partial charge in [-0.05, 0) is 25.3 Å². The van der Waals surface area contributed by atoms with Gasteiger partial charge < -0.3 is 10.0 Å². The van der Waals surface area contributed by atoms with E-state index in [1.165, 1.54) is 11.0 Å². The van der Waals surface area contributed by atoms with Gasteiger partial charge in [0, 0.05) is 26.8 Å². The average molecular weight is 226 g/mol. The first-order valence-electron chi connectivity index (χ1n) is 5.40. The summed E-state index contributed by atoms with van der Waals surface area (Å²) in [5, 5.41) is 8.97. The van der Waals surface area contributed by atoms with Gasteiger partial charge in [0.25, 0.3) is 0 Å². The molecule has 5 nitrogen and oxygen atoms in total. The third-order valence-electron chi connectivity index (χ3n) is 2.61. The molecule has 1 atom stereocenters. The fourth-order valence-corrected chi connectivity index (χ4v) is 1.79. The molecule has 1 amide bonds. The highest BCUT2D eigenvalue weighted by atomic mass is 16.4. The lowest BCUT2D eigenvalue weighted by Gasteiger charge is -2.31. The summed E-state index contributed by atoms with van der Waals surface area (Å²) < 4.78 is 0. The van der Waals surface area contributed by atoms with Crippen LogP contribution in [0, 0.1) is 0 Å². The standard InChI is InChI=1S/C11H18N2O3/c1-12(2)8-6-10(14)9-5-3-4-7-13(9)11(15)16/h6,8-9H,3-5,7H2,1-2H3,(H,15,16)/b8-6+. The van der Waals surface area contributed by atoms with Gasteiger partial charge in [0.15, 0.2) is 5.78 Å². The third-order valence-corrected chi connectivity index (χ3v) is 2.61. The van der Waals surface area contributed by atoms with E-state index in [-0.39, 0.29) is 5.78 Å². The first-order chi connectivity index (χ1) is 7.52. The van der Waals surface area contributed by atoms with E-state index in [9.17, 15) is 9.59 Å². The van der Waals surface area contributed by atoms with Crippen LogP contribution >= 0.6 is 0 Å². The lowest BCUT2D eigenvalue weighted by Crippen LogP contribution is -2.46. The first kappa shape index (κ1) is 12.5. The quantitative estimate of drug-likeness (QED) is 0.734. The Morgan fingerprint density at radius 1 is 1.38 bits per heavy atom. The van der Waals surface area contributed by atoms with Crippen molar-refractivity contribution in [3.8, 4) is 0 Å². The van der Waals surface area contributed by atoms with Gasteiger partial charge in [-0.3, -0.25) is 9.69 Å². The second-order valence-electron chi connectivity index (χ2n) is 4.17. The highest BCUT2D eigenvalue weighted by Gasteiger charge is 2.30. The van der Waals surface area contributed by atoms with Crippen LogP contribution in [-0.4, -0.2) is 53.5 Å². The van der Waals surface area contributed by atoms with E-state index in [1.807, 2.05) is 14.1 Å². The van der Waals surface area contributed by atoms with Crippen LogP contribution in [0.25, 0.3) is 0 Å². The molecule has 1 heterocycles. The normalized spacial score (nSPS) is 21.1. The number of carbonyl (C=O) groups excluding carboxylic acids is 1. The molecule has 1 aliphatic rings. The van der Waals surface area contributed by atoms with E-state index in [0.29, 0.717) is 13.0 Å². The Morgan fingerprint density at radius 3 is 2.62 bits per heavy atom. The molecule has 1 N–H and O–H groups in total. The van der Waals surface area contributed by atoms with Crippen LogP contribution in [-0.2, 0) is 4.79 Å². The van der Waals surface area contributed by atoms with Crippen LogP contribution in [0.15, 0.2) is 12.3 Å². The van der Waals surface area contributed by atoms with Crippen LogP contribution in [0.4, 0.5) is 4.79 Å². The minimum absolute atomic E-state index is 0.129. The number of piperidine rings is 1. The Morgan fingerprint density at radius 2 is 2.06 bits per heavy atom. The molecule has 16 heavy (non-hydrogen) atoms. The highest BCUT2D eigenvalue weighted by Crippen LogP contribution is 2.18. The molecule has 0 aromatic rings. The first-order valence-corrected chi connectivity index (χ1v) is 5.40. The minimum Gasteiger partial charge on any atom is -0.465 e. The van der Waals surface area contributed by atoms with Gasteiger partial charge in [0.1, 0.15) is 0 Å². The van der Waals surface area contributed by atoms with E-state index < -0.39 is 12.1 Å². The number of carbonyl (C=O) groups is 2. The maximum atomic E-state index is 11.8. The van der Waals surface area contributed by atoms with Gasteiger partial charge in [-0.15, -0.1) is 0 Å². The molecule has 0 bridgehead atoms. The molecule has 0 aliphatic carbocycles. The number of rotatable bonds is 3. The zero-order valence-electron chi connectivity index (χ0n) is 9.72. The summed E-state index contributed by atoms with van der Waals surface area (Å²) >= 11 is 0. The Bertz CT molecular complexity index is 300. The van der Waals surface area contributed by atoms with Gasteiger partial charge in [0.05, 0.1) is 6.04 Å². The molecule has 1 fully saturated rings. The molecule has 0 aromatic heterocycles. The minimum atomic E-state index is -1.00. The summed E-state index contributed by atoms with van der Waals surface area (Å²) in [6.07, 6.45) is 4.48. The Hall–Kier alpha value is -1.52. The van der Waals surface area contributed by atoms with Crippen LogP contribution in [0.2, 0.25) is 0 Å². The second kappa shape index (κ2) is 5.53. The molecular formula is C11H18N2O3. The van der Waals surface area contributed by atoms with E-state index in [1.54, 1.807) is 11.1 Å². The molecule has 0 spiro atoms. The molecule has 1 rings (SSSR count). The van der Waals surface area contributed by atoms with Crippen molar-refractivity contribution in [2.24, 2.45) is 0 Å². The van der Waals surface area contributed by atoms with Crippen molar-refractivity contribution in [1.29, 1.82) is 0 Å². The SMILES string of the molecule is CN(C)/C=C/C(=O)C1CCCCN1C(=O)O. The number of amides is 1. The van der Waals surface area contributed by atoms with Gasteiger partial charge >= 0.3 is 6.09 Å². The highest BCUT2D eigenvalue weighted by molar-refractivity contribution is 5.96. The smallest absolute Gasteiger partial charge is 0.407 e. The molecule has 1 unspecified atom stereocenters. The number of ketones is 1. The Labute approximate surface area is 95.3 Å². The maximum absolute atomic E-state index is 11.8. The van der Waals surface area contributed by atoms with Crippen molar-refractivity contribution in [2.75, 3.05) is 20.6 Å². The molecule has 0 aromatic carbocycles. The fourth-order valence-electron chi connectivity index (χ4n) is 1.79. The van der Waals surface area contributed by atoms with Crippen LogP contribution in [0.1, 0.15) is 19.3 Å². The van der Waals surface area contributed by atoms with Crippen LogP contribution in [0.3, 0.4) is 0 Å². The molecule has 5 heteroatoms. The summed E-state index contributed by atoms with van der Waals surface area (Å²) in [7, 11) is 3.64. The summed E-state index contributed by atoms with van der Waals surface area (Å²) in [5.74, 6) is -0.129. The van der Waals surface area contributed by atoms with Crippen molar-refractivity contribution >= 4 is 11.9 Å². The average Bonchev–Trinajstić information content (AvgIpc) is 2.25. The number of likely N-dealkylation sites (tertiary alicyclic amines) is 1. The van der Waals surface area contributed by atoms with Gasteiger partial charge in [-0.1, -0.05) is 0 Å². The predicted octanol–water partition coefficient (Wildman–Crippen LogP) is 1.16. The Kier molecular flexibility index (Phi) is 4.34. The summed E-state index contributed by atoms with van der Waals surface area (Å²) in [4.78, 5) is 25.7. The predicted molar refractivity (Wildman–Crippen MR) is 60.2 cm³/mol. The van der Waals surface area contributed by atoms with Crippen molar-refractivity contribution in [3.05, 3.63) is 12.3 Å². The van der Waals surface area contributed by atoms with E-state index in [2.05, 4.69) is 0 Å². The number of hydrogen-bond acceptors (Lipinski definition) is 3. The van der Waals surface area contributed by atoms with Crippen molar-refractivity contribution in [2.45, 2.75) is 25.3 Å². The second-order valence-corrected chi connectivity index (χ2v) is 4.17. The van der Waals surface area contributed by atoms with Gasteiger partial charge in [-0.2, -0.15) is 0 Å². The van der Waals surface area contributed by atoms with Crippen molar-refractivity contribution < 1.29 is 14.7 Å². The van der Waals surface area contributed by atoms with Crippen molar-refractivity contribution in [1.82, 2.24) is 9.80 Å². The summed E-state index contributed by atoms with van der Waals surface area (Å²) in [6, 6.07) is -0.498. The van der Waals surface area contributed by atoms with Gasteiger partial charge in [-0.25, -0.2) is 4.79 Å². The zero-order chi connectivity index (χ0) is 12.1. The zero-order valence-corrected chi connectivity index (χ0v) is 9.72. The molecule has 0 saturated carbocycles. The monoisotopic (exact) mass is 226 g/mol. The van der Waals surface area contributed by atoms with E-state index in [4.69, 9.17) is 5.11 Å². The maximum Gasteiger partial charge on any atom is 0.407 e. The lowest BCUT2D eigenvalue weighted by molar-refractivity contribution is -0.120. The summed E-state index contributed by atoms with van der Waals surface area (Å²) in [5.41, 5.74) is 0. The van der Waals surface area contributed by atoms with E-state index >= 15 is 0 Å². The molecule has 1 aliphatic heterocycles. The largest absolute Gasteiger partial charge is 0.465 e. The molecule has 0 radical (unpaired) electrons. The molecule has 1 saturated heterocycles. The topological polar surface area (TPSA) is 60.9 Å². The van der Waals surface area contributed by atoms with Crippen LogP contribution in [0.5, 0.6) is 0 Å². The van der Waals surface area contributed by atoms with Crippen LogP contribution < -0.4 is 0 Å². The third kappa shape index (κ3) is 3.25. The number of carboxylic acid groups (broad SMARTS) is 1. The lowest BCUT2D eigenvalue weighted by atomic mass is 9.99. The number of hydrogen-bond donors (Lipinski definition) is 1. The molecular weight excluding hydrogens is 208 g/mol. The Balaban J connectivity index is 2.68. The summed E-state index contributed by atoms with van der Waals surface area (Å²) in [6.45, 7) is 0.460. The van der Waals surface area contributed by atoms with Crippen molar-refractivity contribution in [3.63, 3.8) is 0 Å². The fraction of sp³-hybridized carbons (Fsp3) is 0.636. The van der Waals surface area contributed by atoms with E-state index in [0.717, 1.165) is 12.8 Å². The number of nitrogens with zero attached hydrogens (tertiary/aromatic N) is 2. The molecule has 90 valence electrons.